The number of likely N-dealkylation sites (tertiary alicyclic amines) is 1. The monoisotopic (exact) mass is 437 g/mol. The first-order valence-corrected chi connectivity index (χ1v) is 11.4. The number of anilines is 1. The fourth-order valence-electron chi connectivity index (χ4n) is 5.37. The highest BCUT2D eigenvalue weighted by Crippen LogP contribution is 2.47. The summed E-state index contributed by atoms with van der Waals surface area (Å²) in [5.74, 6) is 1.18. The van der Waals surface area contributed by atoms with Gasteiger partial charge in [0, 0.05) is 31.2 Å². The fraction of sp³-hybridized carbons (Fsp3) is 0.480. The third-order valence-corrected chi connectivity index (χ3v) is 7.06. The van der Waals surface area contributed by atoms with Crippen molar-refractivity contribution in [1.82, 2.24) is 9.80 Å². The number of amides is 1. The number of carbonyl (C=O) groups is 1. The molecule has 5 rings (SSSR count). The zero-order valence-corrected chi connectivity index (χ0v) is 18.5. The Balaban J connectivity index is 1.47. The predicted molar refractivity (Wildman–Crippen MR) is 123 cm³/mol. The van der Waals surface area contributed by atoms with Gasteiger partial charge in [-0.1, -0.05) is 18.2 Å². The number of rotatable bonds is 5. The van der Waals surface area contributed by atoms with Gasteiger partial charge in [0.15, 0.2) is 0 Å². The molecule has 2 aromatic rings. The second kappa shape index (κ2) is 9.10. The van der Waals surface area contributed by atoms with E-state index in [0.29, 0.717) is 19.8 Å². The van der Waals surface area contributed by atoms with Gasteiger partial charge < -0.3 is 24.8 Å². The molecule has 2 N–H and O–H groups in total. The Morgan fingerprint density at radius 2 is 1.97 bits per heavy atom. The number of morpholine rings is 1. The van der Waals surface area contributed by atoms with E-state index in [-0.39, 0.29) is 30.5 Å². The van der Waals surface area contributed by atoms with Crippen LogP contribution in [0.1, 0.15) is 18.0 Å². The van der Waals surface area contributed by atoms with Gasteiger partial charge in [0.25, 0.3) is 0 Å². The molecule has 0 aromatic heterocycles. The molecule has 3 heterocycles. The summed E-state index contributed by atoms with van der Waals surface area (Å²) in [5.41, 5.74) is 4.31. The van der Waals surface area contributed by atoms with Crippen LogP contribution in [0.5, 0.6) is 5.75 Å². The minimum absolute atomic E-state index is 0.0255. The molecule has 3 aliphatic rings. The lowest BCUT2D eigenvalue weighted by atomic mass is 9.82. The van der Waals surface area contributed by atoms with Crippen molar-refractivity contribution in [2.24, 2.45) is 5.92 Å². The van der Waals surface area contributed by atoms with Crippen LogP contribution >= 0.6 is 0 Å². The Morgan fingerprint density at radius 1 is 1.16 bits per heavy atom. The molecule has 0 unspecified atom stereocenters. The highest BCUT2D eigenvalue weighted by atomic mass is 16.5. The zero-order valence-electron chi connectivity index (χ0n) is 18.5. The van der Waals surface area contributed by atoms with E-state index in [0.717, 1.165) is 54.2 Å². The van der Waals surface area contributed by atoms with Crippen LogP contribution in [-0.2, 0) is 9.53 Å². The summed E-state index contributed by atoms with van der Waals surface area (Å²) in [6, 6.07) is 14.3. The van der Waals surface area contributed by atoms with Crippen molar-refractivity contribution in [1.29, 1.82) is 0 Å². The number of carbonyl (C=O) groups excluding carboxylic acids is 1. The number of hydrogen-bond donors (Lipinski definition) is 2. The number of nitrogens with zero attached hydrogens (tertiary/aromatic N) is 2. The summed E-state index contributed by atoms with van der Waals surface area (Å²) in [7, 11) is 1.67. The summed E-state index contributed by atoms with van der Waals surface area (Å²) in [6.07, 6.45) is 0.889. The van der Waals surface area contributed by atoms with Crippen molar-refractivity contribution in [3.05, 3.63) is 48.0 Å². The third kappa shape index (κ3) is 3.96. The van der Waals surface area contributed by atoms with Gasteiger partial charge in [0.2, 0.25) is 5.91 Å². The number of ether oxygens (including phenoxy) is 2. The molecule has 0 saturated carbocycles. The van der Waals surface area contributed by atoms with E-state index in [9.17, 15) is 9.90 Å². The van der Waals surface area contributed by atoms with E-state index < -0.39 is 0 Å². The lowest BCUT2D eigenvalue weighted by Crippen LogP contribution is -2.47. The van der Waals surface area contributed by atoms with Crippen LogP contribution in [0.25, 0.3) is 11.1 Å². The Hall–Kier alpha value is -2.61. The molecule has 1 amide bonds. The van der Waals surface area contributed by atoms with Crippen molar-refractivity contribution in [3.63, 3.8) is 0 Å². The smallest absolute Gasteiger partial charge is 0.237 e. The quantitative estimate of drug-likeness (QED) is 0.748. The molecule has 0 bridgehead atoms. The Morgan fingerprint density at radius 3 is 2.75 bits per heavy atom. The zero-order chi connectivity index (χ0) is 22.1. The Labute approximate surface area is 188 Å². The number of hydrogen-bond acceptors (Lipinski definition) is 6. The maximum Gasteiger partial charge on any atom is 0.237 e. The van der Waals surface area contributed by atoms with Crippen molar-refractivity contribution < 1.29 is 19.4 Å². The highest BCUT2D eigenvalue weighted by molar-refractivity contribution is 5.80. The minimum atomic E-state index is -0.0450. The van der Waals surface area contributed by atoms with Crippen LogP contribution in [0.2, 0.25) is 0 Å². The summed E-state index contributed by atoms with van der Waals surface area (Å²) in [5, 5.41) is 13.6. The summed E-state index contributed by atoms with van der Waals surface area (Å²) in [4.78, 5) is 17.6. The van der Waals surface area contributed by atoms with Crippen molar-refractivity contribution >= 4 is 11.6 Å². The molecule has 2 fully saturated rings. The number of fused-ring (bicyclic) bond motifs is 3. The molecule has 0 spiro atoms. The first kappa shape index (κ1) is 21.2. The molecular formula is C25H31N3O4. The first-order chi connectivity index (χ1) is 15.7. The van der Waals surface area contributed by atoms with E-state index in [1.807, 2.05) is 23.1 Å². The van der Waals surface area contributed by atoms with Gasteiger partial charge in [-0.3, -0.25) is 9.69 Å². The van der Waals surface area contributed by atoms with Crippen LogP contribution in [0.4, 0.5) is 5.69 Å². The average molecular weight is 438 g/mol. The maximum absolute atomic E-state index is 13.4. The minimum Gasteiger partial charge on any atom is -0.497 e. The van der Waals surface area contributed by atoms with E-state index >= 15 is 0 Å². The van der Waals surface area contributed by atoms with Gasteiger partial charge in [-0.05, 0) is 47.4 Å². The van der Waals surface area contributed by atoms with E-state index in [1.165, 1.54) is 0 Å². The first-order valence-electron chi connectivity index (χ1n) is 11.4. The molecule has 2 aromatic carbocycles. The molecule has 3 aliphatic heterocycles. The number of benzene rings is 2. The number of aliphatic hydroxyl groups is 1. The van der Waals surface area contributed by atoms with Gasteiger partial charge >= 0.3 is 0 Å². The van der Waals surface area contributed by atoms with Crippen molar-refractivity contribution in [3.8, 4) is 16.9 Å². The van der Waals surface area contributed by atoms with Crippen LogP contribution in [-0.4, -0.2) is 80.0 Å². The summed E-state index contributed by atoms with van der Waals surface area (Å²) in [6.45, 7) is 4.17. The second-order valence-electron chi connectivity index (χ2n) is 8.84. The normalized spacial score (nSPS) is 25.1. The predicted octanol–water partition coefficient (Wildman–Crippen LogP) is 2.37. The van der Waals surface area contributed by atoms with E-state index in [4.69, 9.17) is 9.47 Å². The topological polar surface area (TPSA) is 74.3 Å². The SMILES string of the molecule is COc1cccc(-c2ccc3c(c2)[C@H]2[C@H](CCN2C(=O)CN2CCOCC2)[C@@H](CO)N3)c1. The molecule has 7 nitrogen and oxygen atoms in total. The highest BCUT2D eigenvalue weighted by Gasteiger charge is 2.45. The van der Waals surface area contributed by atoms with E-state index in [2.05, 4.69) is 34.5 Å². The van der Waals surface area contributed by atoms with Crippen LogP contribution in [0.15, 0.2) is 42.5 Å². The van der Waals surface area contributed by atoms with Gasteiger partial charge in [0.05, 0.1) is 45.6 Å². The lowest BCUT2D eigenvalue weighted by molar-refractivity contribution is -0.134. The fourth-order valence-corrected chi connectivity index (χ4v) is 5.37. The number of nitrogens with one attached hydrogen (secondary N) is 1. The Kier molecular flexibility index (Phi) is 6.04. The molecule has 0 radical (unpaired) electrons. The third-order valence-electron chi connectivity index (χ3n) is 7.06. The summed E-state index contributed by atoms with van der Waals surface area (Å²) < 4.78 is 10.8. The molecule has 32 heavy (non-hydrogen) atoms. The molecular weight excluding hydrogens is 406 g/mol. The average Bonchev–Trinajstić information content (AvgIpc) is 3.30. The lowest BCUT2D eigenvalue weighted by Gasteiger charge is -2.40. The van der Waals surface area contributed by atoms with Gasteiger partial charge in [0.1, 0.15) is 5.75 Å². The number of aliphatic hydroxyl groups excluding tert-OH is 1. The van der Waals surface area contributed by atoms with Crippen LogP contribution < -0.4 is 10.1 Å². The van der Waals surface area contributed by atoms with Gasteiger partial charge in [-0.2, -0.15) is 0 Å². The van der Waals surface area contributed by atoms with Crippen molar-refractivity contribution in [2.75, 3.05) is 58.4 Å². The maximum atomic E-state index is 13.4. The van der Waals surface area contributed by atoms with Crippen molar-refractivity contribution in [2.45, 2.75) is 18.5 Å². The number of methoxy groups -OCH3 is 1. The molecule has 7 heteroatoms. The van der Waals surface area contributed by atoms with Gasteiger partial charge in [-0.15, -0.1) is 0 Å². The summed E-state index contributed by atoms with van der Waals surface area (Å²) >= 11 is 0. The van der Waals surface area contributed by atoms with Gasteiger partial charge in [-0.25, -0.2) is 0 Å². The van der Waals surface area contributed by atoms with E-state index in [1.54, 1.807) is 7.11 Å². The standard InChI is InChI=1S/C25H31N3O4/c1-31-19-4-2-3-17(13-19)18-5-6-22-21(14-18)25-20(23(16-29)26-22)7-8-28(25)24(30)15-27-9-11-32-12-10-27/h2-6,13-14,20,23,25-26,29H,7-12,15-16H2,1H3/t20-,23-,25-/m1/s1. The van der Waals surface area contributed by atoms with Crippen LogP contribution in [0.3, 0.4) is 0 Å². The molecule has 0 aliphatic carbocycles. The molecule has 3 atom stereocenters. The molecule has 170 valence electrons. The van der Waals surface area contributed by atoms with Crippen LogP contribution in [0, 0.1) is 5.92 Å². The Bertz CT molecular complexity index is 975. The largest absolute Gasteiger partial charge is 0.497 e. The second-order valence-corrected chi connectivity index (χ2v) is 8.84. The molecule has 2 saturated heterocycles.